The van der Waals surface area contributed by atoms with Crippen LogP contribution >= 0.6 is 0 Å². The van der Waals surface area contributed by atoms with E-state index in [9.17, 15) is 13.2 Å². The van der Waals surface area contributed by atoms with Crippen molar-refractivity contribution in [3.8, 4) is 23.0 Å². The van der Waals surface area contributed by atoms with Gasteiger partial charge in [0.2, 0.25) is 18.6 Å². The summed E-state index contributed by atoms with van der Waals surface area (Å²) in [7, 11) is -3.36. The Bertz CT molecular complexity index is 1160. The van der Waals surface area contributed by atoms with Crippen molar-refractivity contribution in [3.05, 3.63) is 48.0 Å². The Balaban J connectivity index is 1.45. The largest absolute Gasteiger partial charge is 0.454 e. The van der Waals surface area contributed by atoms with E-state index in [0.717, 1.165) is 11.8 Å². The lowest BCUT2D eigenvalue weighted by molar-refractivity contribution is -0.115. The maximum Gasteiger partial charge on any atom is 0.322 e. The first-order valence-electron chi connectivity index (χ1n) is 8.21. The Labute approximate surface area is 160 Å². The first kappa shape index (κ1) is 18.0. The van der Waals surface area contributed by atoms with Crippen molar-refractivity contribution in [2.45, 2.75) is 11.3 Å². The smallest absolute Gasteiger partial charge is 0.322 e. The predicted molar refractivity (Wildman–Crippen MR) is 97.7 cm³/mol. The molecule has 2 aromatic carbocycles. The van der Waals surface area contributed by atoms with Gasteiger partial charge in [0.05, 0.1) is 11.3 Å². The quantitative estimate of drug-likeness (QED) is 0.690. The summed E-state index contributed by atoms with van der Waals surface area (Å²) in [6, 6.07) is 11.3. The first-order valence-corrected chi connectivity index (χ1v) is 10.1. The number of hydrogen-bond acceptors (Lipinski definition) is 8. The molecule has 10 heteroatoms. The van der Waals surface area contributed by atoms with Gasteiger partial charge >= 0.3 is 6.01 Å². The molecule has 28 heavy (non-hydrogen) atoms. The third kappa shape index (κ3) is 3.81. The highest BCUT2D eigenvalue weighted by Crippen LogP contribution is 2.32. The molecule has 144 valence electrons. The number of fused-ring (bicyclic) bond motifs is 1. The molecule has 0 fully saturated rings. The number of sulfone groups is 1. The molecule has 0 spiro atoms. The third-order valence-electron chi connectivity index (χ3n) is 3.98. The zero-order valence-corrected chi connectivity index (χ0v) is 15.5. The number of carbonyl (C=O) groups excluding carboxylic acids is 1. The second-order valence-electron chi connectivity index (χ2n) is 6.12. The van der Waals surface area contributed by atoms with E-state index in [-0.39, 0.29) is 35.9 Å². The molecule has 0 radical (unpaired) electrons. The number of ether oxygens (including phenoxy) is 2. The Morgan fingerprint density at radius 1 is 1.11 bits per heavy atom. The SMILES string of the molecule is CS(=O)(=O)c1cccc(-c2nnc(NC(=O)Cc3ccc4c(c3)OCO4)o2)c1. The molecule has 4 rings (SSSR count). The average Bonchev–Trinajstić information content (AvgIpc) is 3.30. The molecule has 0 saturated carbocycles. The van der Waals surface area contributed by atoms with Gasteiger partial charge in [-0.15, -0.1) is 5.10 Å². The fourth-order valence-electron chi connectivity index (χ4n) is 2.65. The summed E-state index contributed by atoms with van der Waals surface area (Å²) < 4.78 is 39.3. The van der Waals surface area contributed by atoms with Crippen LogP contribution < -0.4 is 14.8 Å². The van der Waals surface area contributed by atoms with Gasteiger partial charge < -0.3 is 13.9 Å². The van der Waals surface area contributed by atoms with Crippen molar-refractivity contribution in [3.63, 3.8) is 0 Å². The van der Waals surface area contributed by atoms with Crippen LogP contribution in [0, 0.1) is 0 Å². The lowest BCUT2D eigenvalue weighted by Crippen LogP contribution is -2.14. The van der Waals surface area contributed by atoms with Gasteiger partial charge in [0.15, 0.2) is 21.3 Å². The van der Waals surface area contributed by atoms with Crippen LogP contribution in [0.5, 0.6) is 11.5 Å². The summed E-state index contributed by atoms with van der Waals surface area (Å²) in [5, 5.41) is 10.2. The number of hydrogen-bond donors (Lipinski definition) is 1. The summed E-state index contributed by atoms with van der Waals surface area (Å²) in [5.74, 6) is 0.987. The number of nitrogens with one attached hydrogen (secondary N) is 1. The molecule has 0 unspecified atom stereocenters. The van der Waals surface area contributed by atoms with Gasteiger partial charge in [0.1, 0.15) is 0 Å². The van der Waals surface area contributed by atoms with Gasteiger partial charge in [0.25, 0.3) is 0 Å². The van der Waals surface area contributed by atoms with Crippen LogP contribution in [0.1, 0.15) is 5.56 Å². The first-order chi connectivity index (χ1) is 13.4. The molecule has 0 bridgehead atoms. The molecular formula is C18H15N3O6S. The highest BCUT2D eigenvalue weighted by atomic mass is 32.2. The fourth-order valence-corrected chi connectivity index (χ4v) is 3.32. The summed E-state index contributed by atoms with van der Waals surface area (Å²) >= 11 is 0. The molecule has 0 atom stereocenters. The maximum atomic E-state index is 12.2. The van der Waals surface area contributed by atoms with Crippen LogP contribution in [-0.2, 0) is 21.1 Å². The van der Waals surface area contributed by atoms with Gasteiger partial charge in [-0.2, -0.15) is 0 Å². The molecule has 1 N–H and O–H groups in total. The van der Waals surface area contributed by atoms with Crippen molar-refractivity contribution >= 4 is 21.8 Å². The van der Waals surface area contributed by atoms with E-state index >= 15 is 0 Å². The molecular weight excluding hydrogens is 386 g/mol. The van der Waals surface area contributed by atoms with Crippen molar-refractivity contribution in [2.24, 2.45) is 0 Å². The van der Waals surface area contributed by atoms with Crippen molar-refractivity contribution in [1.82, 2.24) is 10.2 Å². The molecule has 3 aromatic rings. The Morgan fingerprint density at radius 2 is 1.93 bits per heavy atom. The van der Waals surface area contributed by atoms with Gasteiger partial charge in [-0.1, -0.05) is 17.2 Å². The number of aromatic nitrogens is 2. The molecule has 1 aliphatic rings. The molecule has 0 aliphatic carbocycles. The van der Waals surface area contributed by atoms with Crippen LogP contribution in [0.4, 0.5) is 6.01 Å². The van der Waals surface area contributed by atoms with E-state index in [1.54, 1.807) is 30.3 Å². The van der Waals surface area contributed by atoms with Crippen molar-refractivity contribution < 1.29 is 27.1 Å². The number of nitrogens with zero attached hydrogens (tertiary/aromatic N) is 2. The van der Waals surface area contributed by atoms with Crippen molar-refractivity contribution in [2.75, 3.05) is 18.4 Å². The second kappa shape index (κ2) is 6.97. The van der Waals surface area contributed by atoms with Crippen LogP contribution in [0.25, 0.3) is 11.5 Å². The summed E-state index contributed by atoms with van der Waals surface area (Å²) in [6.07, 6.45) is 1.19. The second-order valence-corrected chi connectivity index (χ2v) is 8.14. The Morgan fingerprint density at radius 3 is 2.75 bits per heavy atom. The van der Waals surface area contributed by atoms with E-state index in [0.29, 0.717) is 17.1 Å². The minimum atomic E-state index is -3.36. The molecule has 2 heterocycles. The number of amides is 1. The topological polar surface area (TPSA) is 121 Å². The minimum absolute atomic E-state index is 0.0782. The van der Waals surface area contributed by atoms with E-state index in [1.165, 1.54) is 12.1 Å². The van der Waals surface area contributed by atoms with E-state index in [2.05, 4.69) is 15.5 Å². The lowest BCUT2D eigenvalue weighted by Gasteiger charge is -2.03. The van der Waals surface area contributed by atoms with Gasteiger partial charge in [-0.25, -0.2) is 8.42 Å². The number of benzene rings is 2. The number of rotatable bonds is 5. The number of anilines is 1. The third-order valence-corrected chi connectivity index (χ3v) is 5.09. The van der Waals surface area contributed by atoms with Gasteiger partial charge in [0, 0.05) is 11.8 Å². The Kier molecular flexibility index (Phi) is 4.47. The molecule has 1 aromatic heterocycles. The summed E-state index contributed by atoms with van der Waals surface area (Å²) in [4.78, 5) is 12.4. The zero-order valence-electron chi connectivity index (χ0n) is 14.7. The molecule has 1 aliphatic heterocycles. The summed E-state index contributed by atoms with van der Waals surface area (Å²) in [5.41, 5.74) is 1.18. The zero-order chi connectivity index (χ0) is 19.7. The van der Waals surface area contributed by atoms with E-state index < -0.39 is 9.84 Å². The monoisotopic (exact) mass is 401 g/mol. The van der Waals surface area contributed by atoms with Crippen LogP contribution in [0.2, 0.25) is 0 Å². The van der Waals surface area contributed by atoms with Crippen molar-refractivity contribution in [1.29, 1.82) is 0 Å². The minimum Gasteiger partial charge on any atom is -0.454 e. The van der Waals surface area contributed by atoms with Gasteiger partial charge in [-0.05, 0) is 35.9 Å². The standard InChI is InChI=1S/C18H15N3O6S/c1-28(23,24)13-4-2-3-12(9-13)17-20-21-18(27-17)19-16(22)8-11-5-6-14-15(7-11)26-10-25-14/h2-7,9H,8,10H2,1H3,(H,19,21,22). The summed E-state index contributed by atoms with van der Waals surface area (Å²) in [6.45, 7) is 0.163. The number of carbonyl (C=O) groups is 1. The predicted octanol–water partition coefficient (Wildman–Crippen LogP) is 2.05. The lowest BCUT2D eigenvalue weighted by atomic mass is 10.1. The normalized spacial score (nSPS) is 12.8. The van der Waals surface area contributed by atoms with E-state index in [4.69, 9.17) is 13.9 Å². The molecule has 9 nitrogen and oxygen atoms in total. The highest BCUT2D eigenvalue weighted by molar-refractivity contribution is 7.90. The van der Waals surface area contributed by atoms with Crippen LogP contribution in [0.3, 0.4) is 0 Å². The Hall–Kier alpha value is -3.40. The molecule has 1 amide bonds. The van der Waals surface area contributed by atoms with Gasteiger partial charge in [-0.3, -0.25) is 10.1 Å². The van der Waals surface area contributed by atoms with E-state index in [1.807, 2.05) is 0 Å². The average molecular weight is 401 g/mol. The molecule has 0 saturated heterocycles. The highest BCUT2D eigenvalue weighted by Gasteiger charge is 2.17. The maximum absolute atomic E-state index is 12.2. The fraction of sp³-hybridized carbons (Fsp3) is 0.167. The van der Waals surface area contributed by atoms with Crippen LogP contribution in [-0.4, -0.2) is 37.6 Å². The van der Waals surface area contributed by atoms with Crippen LogP contribution in [0.15, 0.2) is 51.8 Å².